The Balaban J connectivity index is 0.000000422. The molecule has 0 spiro atoms. The molecule has 0 aliphatic heterocycles. The molecule has 1 aliphatic rings. The summed E-state index contributed by atoms with van der Waals surface area (Å²) in [5.41, 5.74) is 3.19. The van der Waals surface area contributed by atoms with Crippen molar-refractivity contribution in [2.75, 3.05) is 0 Å². The molecule has 1 amide bonds. The molecule has 1 saturated carbocycles. The molecule has 1 aromatic rings. The van der Waals surface area contributed by atoms with Gasteiger partial charge < -0.3 is 19.8 Å². The fraction of sp³-hybridized carbons (Fsp3) is 0.462. The van der Waals surface area contributed by atoms with Gasteiger partial charge in [0.2, 0.25) is 0 Å². The maximum Gasteiger partial charge on any atom is 0.466 e. The van der Waals surface area contributed by atoms with Crippen LogP contribution in [0, 0.1) is 0 Å². The number of rotatable bonds is 2. The van der Waals surface area contributed by atoms with Gasteiger partial charge in [-0.2, -0.15) is 0 Å². The van der Waals surface area contributed by atoms with E-state index in [0.717, 1.165) is 18.4 Å². The molecule has 0 radical (unpaired) electrons. The first kappa shape index (κ1) is 18.6. The monoisotopic (exact) mass is 332 g/mol. The van der Waals surface area contributed by atoms with Crippen LogP contribution in [0.4, 0.5) is 0 Å². The Morgan fingerprint density at radius 1 is 1.18 bits per heavy atom. The van der Waals surface area contributed by atoms with E-state index in [-0.39, 0.29) is 11.3 Å². The number of para-hydroxylation sites is 1. The fourth-order valence-corrected chi connectivity index (χ4v) is 2.57. The van der Waals surface area contributed by atoms with Crippen molar-refractivity contribution in [3.05, 3.63) is 29.3 Å². The highest BCUT2D eigenvalue weighted by Gasteiger charge is 2.21. The first-order chi connectivity index (χ1) is 10.2. The summed E-state index contributed by atoms with van der Waals surface area (Å²) in [6.07, 6.45) is 5.82. The van der Waals surface area contributed by atoms with E-state index in [4.69, 9.17) is 25.1 Å². The van der Waals surface area contributed by atoms with Crippen LogP contribution >= 0.6 is 7.82 Å². The number of phosphoric acid groups is 1. The van der Waals surface area contributed by atoms with Gasteiger partial charge in [0.15, 0.2) is 0 Å². The zero-order chi connectivity index (χ0) is 16.8. The topological polar surface area (TPSA) is 153 Å². The van der Waals surface area contributed by atoms with Crippen molar-refractivity contribution >= 4 is 13.7 Å². The van der Waals surface area contributed by atoms with Crippen molar-refractivity contribution in [2.45, 2.75) is 38.0 Å². The Bertz CT molecular complexity index is 545. The van der Waals surface area contributed by atoms with E-state index in [0.29, 0.717) is 5.92 Å². The van der Waals surface area contributed by atoms with Crippen LogP contribution in [-0.2, 0) is 4.57 Å². The van der Waals surface area contributed by atoms with Crippen LogP contribution in [0.3, 0.4) is 0 Å². The van der Waals surface area contributed by atoms with E-state index >= 15 is 0 Å². The van der Waals surface area contributed by atoms with E-state index in [1.54, 1.807) is 12.1 Å². The minimum Gasteiger partial charge on any atom is -0.507 e. The smallest absolute Gasteiger partial charge is 0.466 e. The zero-order valence-corrected chi connectivity index (χ0v) is 12.9. The molecule has 2 rings (SSSR count). The second-order valence-electron chi connectivity index (χ2n) is 5.07. The van der Waals surface area contributed by atoms with Gasteiger partial charge in [0.25, 0.3) is 5.91 Å². The Kier molecular flexibility index (Phi) is 6.99. The third kappa shape index (κ3) is 6.13. The number of hydrogen-bond donors (Lipinski definition) is 6. The van der Waals surface area contributed by atoms with Crippen molar-refractivity contribution < 1.29 is 29.1 Å². The molecule has 0 atom stereocenters. The van der Waals surface area contributed by atoms with Crippen LogP contribution in [0.25, 0.3) is 0 Å². The molecule has 22 heavy (non-hydrogen) atoms. The molecule has 124 valence electrons. The average molecular weight is 332 g/mol. The summed E-state index contributed by atoms with van der Waals surface area (Å²) in [6.45, 7) is 0. The molecule has 7 N–H and O–H groups in total. The van der Waals surface area contributed by atoms with Crippen molar-refractivity contribution in [3.63, 3.8) is 0 Å². The average Bonchev–Trinajstić information content (AvgIpc) is 2.46. The lowest BCUT2D eigenvalue weighted by atomic mass is 9.83. The van der Waals surface area contributed by atoms with Crippen LogP contribution in [0.15, 0.2) is 18.2 Å². The molecule has 0 unspecified atom stereocenters. The summed E-state index contributed by atoms with van der Waals surface area (Å²) in [4.78, 5) is 33.0. The number of aromatic hydroxyl groups is 1. The summed E-state index contributed by atoms with van der Waals surface area (Å²) in [5, 5.41) is 10.1. The molecule has 1 aliphatic carbocycles. The molecular weight excluding hydrogens is 311 g/mol. The summed E-state index contributed by atoms with van der Waals surface area (Å²) >= 11 is 0. The standard InChI is InChI=1S/C13H18N2O2.H3O4P/c14-15-13(17)11-8-4-7-10(12(11)16)9-5-2-1-3-6-9;1-5(2,3)4/h4,7-9,16H,1-3,5-6,14H2,(H,15,17);(H3,1,2,3,4). The highest BCUT2D eigenvalue weighted by Crippen LogP contribution is 2.38. The minimum absolute atomic E-state index is 0.0855. The van der Waals surface area contributed by atoms with Crippen LogP contribution in [0.2, 0.25) is 0 Å². The van der Waals surface area contributed by atoms with Gasteiger partial charge in [0, 0.05) is 0 Å². The molecular formula is C13H21N2O6P. The Labute approximate surface area is 128 Å². The lowest BCUT2D eigenvalue weighted by Crippen LogP contribution is -2.30. The number of hydrogen-bond acceptors (Lipinski definition) is 4. The second kappa shape index (κ2) is 8.26. The van der Waals surface area contributed by atoms with Gasteiger partial charge in [-0.25, -0.2) is 10.4 Å². The Morgan fingerprint density at radius 3 is 2.23 bits per heavy atom. The fourth-order valence-electron chi connectivity index (χ4n) is 2.57. The van der Waals surface area contributed by atoms with Crippen molar-refractivity contribution in [1.82, 2.24) is 5.43 Å². The lowest BCUT2D eigenvalue weighted by Gasteiger charge is -2.23. The number of phenolic OH excluding ortho intramolecular Hbond substituents is 1. The van der Waals surface area contributed by atoms with Gasteiger partial charge in [-0.15, -0.1) is 0 Å². The van der Waals surface area contributed by atoms with E-state index in [9.17, 15) is 9.90 Å². The number of benzene rings is 1. The number of nitrogen functional groups attached to an aromatic ring is 1. The normalized spacial score (nSPS) is 15.6. The van der Waals surface area contributed by atoms with Gasteiger partial charge >= 0.3 is 7.82 Å². The highest BCUT2D eigenvalue weighted by atomic mass is 31.2. The van der Waals surface area contributed by atoms with Gasteiger partial charge in [-0.3, -0.25) is 10.2 Å². The summed E-state index contributed by atoms with van der Waals surface area (Å²) in [5.74, 6) is 5.10. The maximum absolute atomic E-state index is 11.5. The predicted octanol–water partition coefficient (Wildman–Crippen LogP) is 1.11. The number of carbonyl (C=O) groups is 1. The van der Waals surface area contributed by atoms with E-state index in [1.165, 1.54) is 19.3 Å². The van der Waals surface area contributed by atoms with E-state index in [2.05, 4.69) is 5.43 Å². The van der Waals surface area contributed by atoms with Crippen LogP contribution in [0.5, 0.6) is 5.75 Å². The molecule has 0 bridgehead atoms. The lowest BCUT2D eigenvalue weighted by molar-refractivity contribution is 0.0950. The van der Waals surface area contributed by atoms with Crippen LogP contribution < -0.4 is 11.3 Å². The number of amides is 1. The first-order valence-electron chi connectivity index (χ1n) is 6.85. The zero-order valence-electron chi connectivity index (χ0n) is 12.0. The molecule has 1 fully saturated rings. The summed E-state index contributed by atoms with van der Waals surface area (Å²) in [7, 11) is -4.64. The quantitative estimate of drug-likeness (QED) is 0.205. The number of hydrazine groups is 1. The Morgan fingerprint density at radius 2 is 1.73 bits per heavy atom. The second-order valence-corrected chi connectivity index (χ2v) is 6.09. The van der Waals surface area contributed by atoms with Crippen molar-refractivity contribution in [1.29, 1.82) is 0 Å². The number of nitrogens with one attached hydrogen (secondary N) is 1. The van der Waals surface area contributed by atoms with Gasteiger partial charge in [0.05, 0.1) is 5.56 Å². The van der Waals surface area contributed by atoms with Gasteiger partial charge in [-0.1, -0.05) is 31.4 Å². The molecule has 0 heterocycles. The first-order valence-corrected chi connectivity index (χ1v) is 8.41. The van der Waals surface area contributed by atoms with E-state index < -0.39 is 13.7 Å². The SMILES string of the molecule is NNC(=O)c1cccc(C2CCCCC2)c1O.O=P(O)(O)O. The summed E-state index contributed by atoms with van der Waals surface area (Å²) < 4.78 is 8.88. The van der Waals surface area contributed by atoms with E-state index in [1.807, 2.05) is 6.07 Å². The predicted molar refractivity (Wildman–Crippen MR) is 79.8 cm³/mol. The molecule has 9 heteroatoms. The highest BCUT2D eigenvalue weighted by molar-refractivity contribution is 7.45. The largest absolute Gasteiger partial charge is 0.507 e. The van der Waals surface area contributed by atoms with Gasteiger partial charge in [-0.05, 0) is 30.4 Å². The molecule has 8 nitrogen and oxygen atoms in total. The van der Waals surface area contributed by atoms with Crippen LogP contribution in [0.1, 0.15) is 53.9 Å². The summed E-state index contributed by atoms with van der Waals surface area (Å²) in [6, 6.07) is 5.29. The number of nitrogens with two attached hydrogens (primary N) is 1. The Hall–Kier alpha value is -1.44. The van der Waals surface area contributed by atoms with Gasteiger partial charge in [0.1, 0.15) is 5.75 Å². The molecule has 0 saturated heterocycles. The number of phenols is 1. The number of carbonyl (C=O) groups excluding carboxylic acids is 1. The third-order valence-electron chi connectivity index (χ3n) is 3.49. The molecule has 1 aromatic carbocycles. The minimum atomic E-state index is -4.64. The van der Waals surface area contributed by atoms with Crippen molar-refractivity contribution in [2.24, 2.45) is 5.84 Å². The third-order valence-corrected chi connectivity index (χ3v) is 3.49. The maximum atomic E-state index is 11.5. The van der Waals surface area contributed by atoms with Crippen LogP contribution in [-0.4, -0.2) is 25.7 Å². The van der Waals surface area contributed by atoms with Crippen molar-refractivity contribution in [3.8, 4) is 5.75 Å². The molecule has 0 aromatic heterocycles.